The molecule has 1 N–H and O–H groups in total. The Bertz CT molecular complexity index is 1000. The normalized spacial score (nSPS) is 16.0. The fourth-order valence-corrected chi connectivity index (χ4v) is 3.66. The van der Waals surface area contributed by atoms with Gasteiger partial charge in [0, 0.05) is 22.1 Å². The SMILES string of the molecule is COc1c(O)cccc1[C@H]1OCc2nnc(C(C)C)n2-c2ccc(Cl)cc21. The summed E-state index contributed by atoms with van der Waals surface area (Å²) in [5.41, 5.74) is 2.51. The molecule has 7 heteroatoms. The minimum atomic E-state index is -0.470. The average molecular weight is 386 g/mol. The van der Waals surface area contributed by atoms with E-state index in [9.17, 15) is 5.11 Å². The summed E-state index contributed by atoms with van der Waals surface area (Å²) in [6, 6.07) is 10.9. The molecule has 3 aromatic rings. The van der Waals surface area contributed by atoms with Crippen molar-refractivity contribution in [3.8, 4) is 17.2 Å². The molecule has 0 unspecified atom stereocenters. The van der Waals surface area contributed by atoms with Crippen LogP contribution < -0.4 is 4.74 Å². The molecule has 2 aromatic carbocycles. The number of fused-ring (bicyclic) bond motifs is 3. The summed E-state index contributed by atoms with van der Waals surface area (Å²) in [5, 5.41) is 19.5. The molecular weight excluding hydrogens is 366 g/mol. The van der Waals surface area contributed by atoms with Gasteiger partial charge in [0.1, 0.15) is 18.5 Å². The Kier molecular flexibility index (Phi) is 4.53. The third-order valence-corrected chi connectivity index (χ3v) is 4.91. The molecule has 0 saturated carbocycles. The minimum Gasteiger partial charge on any atom is -0.504 e. The molecule has 2 heterocycles. The molecule has 0 spiro atoms. The summed E-state index contributed by atoms with van der Waals surface area (Å²) < 4.78 is 13.7. The summed E-state index contributed by atoms with van der Waals surface area (Å²) in [6.45, 7) is 4.43. The second kappa shape index (κ2) is 6.87. The zero-order valence-electron chi connectivity index (χ0n) is 15.3. The third kappa shape index (κ3) is 2.95. The molecule has 4 rings (SSSR count). The molecule has 1 aromatic heterocycles. The lowest BCUT2D eigenvalue weighted by molar-refractivity contribution is 0.0636. The van der Waals surface area contributed by atoms with Crippen LogP contribution in [-0.2, 0) is 11.3 Å². The number of nitrogens with zero attached hydrogens (tertiary/aromatic N) is 3. The number of aromatic hydroxyl groups is 1. The molecule has 1 aliphatic rings. The fourth-order valence-electron chi connectivity index (χ4n) is 3.48. The van der Waals surface area contributed by atoms with Crippen LogP contribution in [-0.4, -0.2) is 27.0 Å². The maximum absolute atomic E-state index is 10.2. The lowest BCUT2D eigenvalue weighted by Crippen LogP contribution is -2.09. The van der Waals surface area contributed by atoms with Gasteiger partial charge in [-0.25, -0.2) is 0 Å². The van der Waals surface area contributed by atoms with Crippen molar-refractivity contribution < 1.29 is 14.6 Å². The largest absolute Gasteiger partial charge is 0.504 e. The van der Waals surface area contributed by atoms with Crippen molar-refractivity contribution in [3.63, 3.8) is 0 Å². The van der Waals surface area contributed by atoms with E-state index in [2.05, 4.69) is 24.0 Å². The summed E-state index contributed by atoms with van der Waals surface area (Å²) in [7, 11) is 1.53. The molecule has 1 atom stereocenters. The topological polar surface area (TPSA) is 69.4 Å². The van der Waals surface area contributed by atoms with Gasteiger partial charge >= 0.3 is 0 Å². The highest BCUT2D eigenvalue weighted by Gasteiger charge is 2.30. The van der Waals surface area contributed by atoms with Crippen molar-refractivity contribution in [2.75, 3.05) is 7.11 Å². The summed E-state index contributed by atoms with van der Waals surface area (Å²) in [5.74, 6) is 2.23. The number of benzene rings is 2. The molecule has 27 heavy (non-hydrogen) atoms. The molecule has 140 valence electrons. The van der Waals surface area contributed by atoms with Gasteiger partial charge in [-0.05, 0) is 24.3 Å². The van der Waals surface area contributed by atoms with Gasteiger partial charge in [0.15, 0.2) is 17.3 Å². The highest BCUT2D eigenvalue weighted by molar-refractivity contribution is 6.30. The fraction of sp³-hybridized carbons (Fsp3) is 0.300. The van der Waals surface area contributed by atoms with Crippen molar-refractivity contribution in [2.24, 2.45) is 0 Å². The summed E-state index contributed by atoms with van der Waals surface area (Å²) in [4.78, 5) is 0. The van der Waals surface area contributed by atoms with E-state index >= 15 is 0 Å². The van der Waals surface area contributed by atoms with Crippen LogP contribution in [0.1, 0.15) is 48.6 Å². The van der Waals surface area contributed by atoms with Gasteiger partial charge in [0.25, 0.3) is 0 Å². The van der Waals surface area contributed by atoms with Crippen LogP contribution in [0.25, 0.3) is 5.69 Å². The number of rotatable bonds is 3. The predicted octanol–water partition coefficient (Wildman–Crippen LogP) is 4.38. The van der Waals surface area contributed by atoms with E-state index in [1.807, 2.05) is 28.8 Å². The third-order valence-electron chi connectivity index (χ3n) is 4.67. The van der Waals surface area contributed by atoms with E-state index in [4.69, 9.17) is 21.1 Å². The van der Waals surface area contributed by atoms with Gasteiger partial charge < -0.3 is 14.6 Å². The van der Waals surface area contributed by atoms with Crippen LogP contribution in [0, 0.1) is 0 Å². The Hall–Kier alpha value is -2.57. The van der Waals surface area contributed by atoms with Crippen molar-refractivity contribution in [1.82, 2.24) is 14.8 Å². The first kappa shape index (κ1) is 17.8. The number of hydrogen-bond donors (Lipinski definition) is 1. The van der Waals surface area contributed by atoms with E-state index in [0.29, 0.717) is 10.8 Å². The number of hydrogen-bond acceptors (Lipinski definition) is 5. The quantitative estimate of drug-likeness (QED) is 0.724. The summed E-state index contributed by atoms with van der Waals surface area (Å²) >= 11 is 6.31. The smallest absolute Gasteiger partial charge is 0.166 e. The minimum absolute atomic E-state index is 0.0636. The predicted molar refractivity (Wildman–Crippen MR) is 102 cm³/mol. The lowest BCUT2D eigenvalue weighted by Gasteiger charge is -2.21. The van der Waals surface area contributed by atoms with Crippen molar-refractivity contribution in [2.45, 2.75) is 32.5 Å². The van der Waals surface area contributed by atoms with E-state index in [1.165, 1.54) is 7.11 Å². The number of methoxy groups -OCH3 is 1. The molecule has 0 aliphatic carbocycles. The van der Waals surface area contributed by atoms with Gasteiger partial charge in [-0.15, -0.1) is 10.2 Å². The number of aromatic nitrogens is 3. The lowest BCUT2D eigenvalue weighted by atomic mass is 9.98. The number of ether oxygens (including phenoxy) is 2. The Morgan fingerprint density at radius 3 is 2.78 bits per heavy atom. The average Bonchev–Trinajstić information content (AvgIpc) is 3.00. The Labute approximate surface area is 162 Å². The first-order valence-corrected chi connectivity index (χ1v) is 9.10. The van der Waals surface area contributed by atoms with Crippen LogP contribution in [0.5, 0.6) is 11.5 Å². The van der Waals surface area contributed by atoms with Crippen LogP contribution in [0.2, 0.25) is 5.02 Å². The van der Waals surface area contributed by atoms with Crippen LogP contribution in [0.3, 0.4) is 0 Å². The molecule has 0 amide bonds. The highest BCUT2D eigenvalue weighted by atomic mass is 35.5. The molecule has 0 radical (unpaired) electrons. The first-order valence-electron chi connectivity index (χ1n) is 8.72. The maximum Gasteiger partial charge on any atom is 0.166 e. The van der Waals surface area contributed by atoms with Gasteiger partial charge in [0.05, 0.1) is 12.8 Å². The van der Waals surface area contributed by atoms with Crippen molar-refractivity contribution >= 4 is 11.6 Å². The van der Waals surface area contributed by atoms with Crippen molar-refractivity contribution in [1.29, 1.82) is 0 Å². The standard InChI is InChI=1S/C20H20ClN3O3/c1-11(2)20-23-22-17-10-27-18(13-5-4-6-16(25)19(13)26-3)14-9-12(21)7-8-15(14)24(17)20/h4-9,11,18,25H,10H2,1-3H3/t18-/m1/s1. The Morgan fingerprint density at radius 1 is 1.22 bits per heavy atom. The molecule has 1 aliphatic heterocycles. The molecule has 0 bridgehead atoms. The second-order valence-electron chi connectivity index (χ2n) is 6.76. The molecular formula is C20H20ClN3O3. The number of phenolic OH excluding ortho intramolecular Hbond substituents is 1. The highest BCUT2D eigenvalue weighted by Crippen LogP contribution is 2.43. The zero-order valence-corrected chi connectivity index (χ0v) is 16.1. The van der Waals surface area contributed by atoms with Crippen molar-refractivity contribution in [3.05, 3.63) is 64.2 Å². The second-order valence-corrected chi connectivity index (χ2v) is 7.19. The number of para-hydroxylation sites is 1. The number of halogens is 1. The van der Waals surface area contributed by atoms with Gasteiger partial charge in [-0.2, -0.15) is 0 Å². The molecule has 6 nitrogen and oxygen atoms in total. The maximum atomic E-state index is 10.2. The Morgan fingerprint density at radius 2 is 2.04 bits per heavy atom. The van der Waals surface area contributed by atoms with E-state index < -0.39 is 6.10 Å². The van der Waals surface area contributed by atoms with Gasteiger partial charge in [-0.1, -0.05) is 37.6 Å². The molecule has 0 fully saturated rings. The molecule has 0 saturated heterocycles. The van der Waals surface area contributed by atoms with E-state index in [1.54, 1.807) is 12.1 Å². The zero-order chi connectivity index (χ0) is 19.1. The summed E-state index contributed by atoms with van der Waals surface area (Å²) in [6.07, 6.45) is -0.470. The van der Waals surface area contributed by atoms with Crippen LogP contribution >= 0.6 is 11.6 Å². The van der Waals surface area contributed by atoms with Gasteiger partial charge in [-0.3, -0.25) is 4.57 Å². The number of phenols is 1. The Balaban J connectivity index is 1.96. The van der Waals surface area contributed by atoms with E-state index in [0.717, 1.165) is 28.5 Å². The van der Waals surface area contributed by atoms with Crippen LogP contribution in [0.15, 0.2) is 36.4 Å². The first-order chi connectivity index (χ1) is 13.0. The van der Waals surface area contributed by atoms with E-state index in [-0.39, 0.29) is 18.3 Å². The monoisotopic (exact) mass is 385 g/mol. The van der Waals surface area contributed by atoms with Gasteiger partial charge in [0.2, 0.25) is 0 Å². The van der Waals surface area contributed by atoms with Crippen LogP contribution in [0.4, 0.5) is 0 Å².